The molecule has 0 aromatic carbocycles. The molecule has 1 N–H and O–H groups in total. The maximum absolute atomic E-state index is 11.7. The van der Waals surface area contributed by atoms with Gasteiger partial charge in [0.05, 0.1) is 24.8 Å². The van der Waals surface area contributed by atoms with Crippen LogP contribution in [0.2, 0.25) is 0 Å². The summed E-state index contributed by atoms with van der Waals surface area (Å²) in [5.41, 5.74) is -0.412. The van der Waals surface area contributed by atoms with Crippen LogP contribution in [0.1, 0.15) is 47.8 Å². The fraction of sp³-hybridized carbons (Fsp3) is 0.917. The lowest BCUT2D eigenvalue weighted by atomic mass is 9.88. The number of carboxylic acids is 1. The predicted octanol–water partition coefficient (Wildman–Crippen LogP) is 2.17. The molecule has 110 valence electrons. The van der Waals surface area contributed by atoms with Crippen molar-refractivity contribution < 1.29 is 21.1 Å². The molecular formula is C12H23N3O4. The summed E-state index contributed by atoms with van der Waals surface area (Å²) in [4.78, 5) is 16.2. The van der Waals surface area contributed by atoms with Crippen molar-refractivity contribution in [1.82, 2.24) is 5.01 Å². The maximum Gasteiger partial charge on any atom is 0.306 e. The van der Waals surface area contributed by atoms with Crippen LogP contribution in [0.25, 0.3) is 0 Å². The van der Waals surface area contributed by atoms with Gasteiger partial charge >= 0.3 is 5.97 Å². The lowest BCUT2D eigenvalue weighted by Gasteiger charge is -2.27. The second-order valence-corrected chi connectivity index (χ2v) is 5.77. The minimum absolute atomic E-state index is 0.251. The molecule has 0 aliphatic heterocycles. The van der Waals surface area contributed by atoms with Gasteiger partial charge in [-0.3, -0.25) is 4.79 Å². The number of aliphatic carboxylic acids is 1. The molecule has 0 bridgehead atoms. The summed E-state index contributed by atoms with van der Waals surface area (Å²) in [5, 5.41) is 25.4. The van der Waals surface area contributed by atoms with Gasteiger partial charge in [0.25, 0.3) is 0 Å². The molecule has 1 aliphatic rings. The average Bonchev–Trinajstić information content (AvgIpc) is 2.34. The number of nitrogens with zero attached hydrogens (tertiary/aromatic N) is 3. The number of carbonyl (C=O) groups is 1. The normalized spacial score (nSPS) is 29.6. The Bertz CT molecular complexity index is 387. The molecule has 0 atom stereocenters. The average molecular weight is 274 g/mol. The molecule has 7 heteroatoms. The van der Waals surface area contributed by atoms with Crippen LogP contribution in [0.3, 0.4) is 0 Å². The Kier molecular flexibility index (Phi) is 4.44. The predicted molar refractivity (Wildman–Crippen MR) is 68.0 cm³/mol. The van der Waals surface area contributed by atoms with Crippen LogP contribution in [0.5, 0.6) is 0 Å². The van der Waals surface area contributed by atoms with E-state index in [1.165, 1.54) is 5.01 Å². The zero-order valence-corrected chi connectivity index (χ0v) is 11.9. The molecule has 7 nitrogen and oxygen atoms in total. The van der Waals surface area contributed by atoms with E-state index in [4.69, 9.17) is 11.3 Å². The lowest BCUT2D eigenvalue weighted by molar-refractivity contribution is -0.720. The minimum atomic E-state index is -1.31. The summed E-state index contributed by atoms with van der Waals surface area (Å²) in [6.45, 7) is 5.55. The molecule has 0 spiro atoms. The Morgan fingerprint density at radius 1 is 1.47 bits per heavy atom. The highest BCUT2D eigenvalue weighted by Gasteiger charge is 2.28. The van der Waals surface area contributed by atoms with Gasteiger partial charge in [0.2, 0.25) is 5.28 Å². The molecule has 0 radical (unpaired) electrons. The van der Waals surface area contributed by atoms with Gasteiger partial charge in [-0.25, -0.2) is 0 Å². The molecule has 19 heavy (non-hydrogen) atoms. The topological polar surface area (TPSA) is 88.2 Å². The van der Waals surface area contributed by atoms with Gasteiger partial charge in [-0.05, 0) is 46.5 Å². The molecule has 1 saturated carbocycles. The molecule has 0 saturated heterocycles. The fourth-order valence-corrected chi connectivity index (χ4v) is 1.68. The van der Waals surface area contributed by atoms with Crippen molar-refractivity contribution in [2.24, 2.45) is 11.2 Å². The van der Waals surface area contributed by atoms with Gasteiger partial charge in [0.1, 0.15) is 6.08 Å². The number of hydrogen-bond acceptors (Lipinski definition) is 4. The van der Waals surface area contributed by atoms with Gasteiger partial charge in [-0.1, -0.05) is 0 Å². The van der Waals surface area contributed by atoms with Crippen molar-refractivity contribution in [3.05, 3.63) is 5.21 Å². The van der Waals surface area contributed by atoms with E-state index in [0.717, 1.165) is 0 Å². The summed E-state index contributed by atoms with van der Waals surface area (Å²) in [7, 11) is 1.58. The lowest BCUT2D eigenvalue weighted by Crippen LogP contribution is -2.42. The van der Waals surface area contributed by atoms with Crippen LogP contribution in [0, 0.1) is 11.1 Å². The van der Waals surface area contributed by atoms with Crippen molar-refractivity contribution in [3.8, 4) is 0 Å². The van der Waals surface area contributed by atoms with Crippen LogP contribution < -0.4 is 0 Å². The van der Waals surface area contributed by atoms with E-state index in [9.17, 15) is 10.0 Å². The third-order valence-electron chi connectivity index (χ3n) is 3.36. The highest BCUT2D eigenvalue weighted by Crippen LogP contribution is 2.26. The minimum Gasteiger partial charge on any atom is -0.569 e. The molecular weight excluding hydrogens is 250 g/mol. The Balaban J connectivity index is 2.59. The van der Waals surface area contributed by atoms with Crippen molar-refractivity contribution in [1.29, 1.82) is 0 Å². The first kappa shape index (κ1) is 13.9. The summed E-state index contributed by atoms with van der Waals surface area (Å²) >= 11 is 0. The van der Waals surface area contributed by atoms with Crippen molar-refractivity contribution in [2.45, 2.75) is 58.1 Å². The first-order valence-electron chi connectivity index (χ1n) is 6.88. The molecule has 1 aliphatic carbocycles. The van der Waals surface area contributed by atoms with Gasteiger partial charge in [-0.15, -0.1) is 5.01 Å². The van der Waals surface area contributed by atoms with Crippen LogP contribution in [0.15, 0.2) is 5.28 Å². The van der Waals surface area contributed by atoms with Crippen molar-refractivity contribution >= 4 is 5.97 Å². The third-order valence-corrected chi connectivity index (χ3v) is 3.36. The zero-order chi connectivity index (χ0) is 15.6. The molecule has 1 fully saturated rings. The largest absolute Gasteiger partial charge is 0.569 e. The van der Waals surface area contributed by atoms with Gasteiger partial charge < -0.3 is 15.2 Å². The summed E-state index contributed by atoms with van der Waals surface area (Å²) < 4.78 is 8.05. The van der Waals surface area contributed by atoms with E-state index in [-0.39, 0.29) is 12.8 Å². The van der Waals surface area contributed by atoms with Gasteiger partial charge in [-0.2, -0.15) is 0 Å². The van der Waals surface area contributed by atoms with Crippen LogP contribution >= 0.6 is 0 Å². The quantitative estimate of drug-likeness (QED) is 0.482. The first-order chi connectivity index (χ1) is 9.05. The summed E-state index contributed by atoms with van der Waals surface area (Å²) in [5.74, 6) is -1.28. The van der Waals surface area contributed by atoms with E-state index in [0.29, 0.717) is 17.8 Å². The highest BCUT2D eigenvalue weighted by molar-refractivity contribution is 5.69. The van der Waals surface area contributed by atoms with Gasteiger partial charge in [0.15, 0.2) is 0 Å². The zero-order valence-electron chi connectivity index (χ0n) is 12.9. The molecule has 0 aromatic heterocycles. The second kappa shape index (κ2) is 6.08. The Morgan fingerprint density at radius 2 is 2.00 bits per heavy atom. The summed E-state index contributed by atoms with van der Waals surface area (Å²) in [6, 6.07) is 0. The van der Waals surface area contributed by atoms with Gasteiger partial charge in [0, 0.05) is 0 Å². The first-order valence-corrected chi connectivity index (χ1v) is 6.38. The molecule has 0 aromatic rings. The SMILES string of the molecule is [2H]C1(O/N=[N+](\[O-])N(C)C(C)(C)C)CCC(C(=O)O)CC1. The van der Waals surface area contributed by atoms with E-state index >= 15 is 0 Å². The van der Waals surface area contributed by atoms with Crippen molar-refractivity contribution in [3.63, 3.8) is 0 Å². The van der Waals surface area contributed by atoms with Crippen LogP contribution in [-0.4, -0.2) is 39.7 Å². The molecule has 0 heterocycles. The Labute approximate surface area is 114 Å². The van der Waals surface area contributed by atoms with E-state index < -0.39 is 23.5 Å². The van der Waals surface area contributed by atoms with E-state index in [2.05, 4.69) is 5.28 Å². The number of hydrazine groups is 1. The molecule has 0 unspecified atom stereocenters. The van der Waals surface area contributed by atoms with E-state index in [1.807, 2.05) is 20.8 Å². The highest BCUT2D eigenvalue weighted by atomic mass is 16.7. The Morgan fingerprint density at radius 3 is 2.42 bits per heavy atom. The molecule has 1 rings (SSSR count). The fourth-order valence-electron chi connectivity index (χ4n) is 1.68. The number of hydrogen-bond donors (Lipinski definition) is 1. The van der Waals surface area contributed by atoms with Crippen molar-refractivity contribution in [2.75, 3.05) is 7.05 Å². The van der Waals surface area contributed by atoms with Crippen LogP contribution in [-0.2, 0) is 9.63 Å². The second-order valence-electron chi connectivity index (χ2n) is 5.77. The molecule has 0 amide bonds. The summed E-state index contributed by atoms with van der Waals surface area (Å²) in [6.07, 6.45) is -0.0843. The third kappa shape index (κ3) is 4.57. The number of carboxylic acid groups (broad SMARTS) is 1. The van der Waals surface area contributed by atoms with E-state index in [1.54, 1.807) is 7.05 Å². The smallest absolute Gasteiger partial charge is 0.306 e. The Hall–Kier alpha value is -1.53. The maximum atomic E-state index is 11.7. The standard InChI is InChI=1S/C12H23N3O4/c1-12(2,3)14(4)15(18)13-19-10-7-5-9(6-8-10)11(16)17/h9-10H,5-8H2,1-4H3,(H,16,17)/b15-13-/i10D. The van der Waals surface area contributed by atoms with Crippen LogP contribution in [0.4, 0.5) is 0 Å². The number of rotatable bonds is 4. The monoisotopic (exact) mass is 274 g/mol.